The Balaban J connectivity index is 1.08. The number of fused-ring (bicyclic) bond motifs is 1. The number of nitrogens with zero attached hydrogens (tertiary/aromatic N) is 2. The average molecular weight is 644 g/mol. The lowest BCUT2D eigenvalue weighted by Gasteiger charge is -2.45. The minimum Gasteiger partial charge on any atom is -0.493 e. The lowest BCUT2D eigenvalue weighted by Crippen LogP contribution is -2.41. The number of hydrogen-bond donors (Lipinski definition) is 0. The number of carbonyl (C=O) groups excluding carboxylic acids is 2. The van der Waals surface area contributed by atoms with E-state index in [1.165, 1.54) is 6.21 Å². The van der Waals surface area contributed by atoms with E-state index in [4.69, 9.17) is 9.47 Å². The topological polar surface area (TPSA) is 68.2 Å². The maximum absolute atomic E-state index is 13.9. The molecule has 0 saturated carbocycles. The van der Waals surface area contributed by atoms with Crippen molar-refractivity contribution in [3.8, 4) is 11.5 Å². The zero-order valence-electron chi connectivity index (χ0n) is 23.8. The number of imide groups is 1. The Hall–Kier alpha value is -4.75. The number of benzene rings is 5. The van der Waals surface area contributed by atoms with Gasteiger partial charge in [0.05, 0.1) is 29.6 Å². The molecule has 9 rings (SSSR count). The number of hydrazone groups is 1. The maximum Gasteiger partial charge on any atom is 0.254 e. The number of amides is 2. The lowest BCUT2D eigenvalue weighted by atomic mass is 9.55. The Labute approximate surface area is 263 Å². The first-order valence-corrected chi connectivity index (χ1v) is 15.4. The van der Waals surface area contributed by atoms with E-state index >= 15 is 0 Å². The number of halogens is 1. The molecule has 2 atom stereocenters. The summed E-state index contributed by atoms with van der Waals surface area (Å²) in [5, 5.41) is 7.83. The van der Waals surface area contributed by atoms with E-state index in [1.807, 2.05) is 48.5 Å². The lowest BCUT2D eigenvalue weighted by molar-refractivity contribution is -0.139. The standard InChI is InChI=1S/C37H27BrN2O4/c1-43-30-18-21(17-29(38)35(30)44-20-23-11-8-10-22-9-2-3-12-24(22)23)19-39-40-36(41)33-31-25-13-4-5-14-26(25)32(34(33)37(40)42)28-16-7-6-15-27(28)31/h2-19,31-34H,20H2,1H3/b39-19+. The summed E-state index contributed by atoms with van der Waals surface area (Å²) in [6, 6.07) is 34.4. The first kappa shape index (κ1) is 26.8. The molecule has 2 bridgehead atoms. The van der Waals surface area contributed by atoms with E-state index in [-0.39, 0.29) is 23.7 Å². The van der Waals surface area contributed by atoms with Crippen LogP contribution in [-0.2, 0) is 16.2 Å². The van der Waals surface area contributed by atoms with Crippen molar-refractivity contribution >= 4 is 44.7 Å². The molecule has 1 aliphatic heterocycles. The second kappa shape index (κ2) is 10.5. The quantitative estimate of drug-likeness (QED) is 0.143. The van der Waals surface area contributed by atoms with Gasteiger partial charge in [-0.2, -0.15) is 10.1 Å². The van der Waals surface area contributed by atoms with E-state index in [2.05, 4.69) is 69.6 Å². The van der Waals surface area contributed by atoms with Gasteiger partial charge in [0, 0.05) is 11.8 Å². The largest absolute Gasteiger partial charge is 0.493 e. The summed E-state index contributed by atoms with van der Waals surface area (Å²) in [5.74, 6) is -0.710. The molecular weight excluding hydrogens is 616 g/mol. The van der Waals surface area contributed by atoms with Gasteiger partial charge in [-0.05, 0) is 72.2 Å². The summed E-state index contributed by atoms with van der Waals surface area (Å²) in [5.41, 5.74) is 6.27. The summed E-state index contributed by atoms with van der Waals surface area (Å²) in [4.78, 5) is 27.8. The van der Waals surface area contributed by atoms with Gasteiger partial charge in [0.2, 0.25) is 0 Å². The molecule has 2 amide bonds. The van der Waals surface area contributed by atoms with Crippen LogP contribution in [-0.4, -0.2) is 30.1 Å². The first-order valence-electron chi connectivity index (χ1n) is 14.6. The summed E-state index contributed by atoms with van der Waals surface area (Å²) in [6.07, 6.45) is 1.54. The minimum absolute atomic E-state index is 0.165. The second-order valence-electron chi connectivity index (χ2n) is 11.5. The highest BCUT2D eigenvalue weighted by atomic mass is 79.9. The van der Waals surface area contributed by atoms with Gasteiger partial charge in [0.25, 0.3) is 11.8 Å². The molecule has 0 N–H and O–H groups in total. The van der Waals surface area contributed by atoms with Crippen molar-refractivity contribution in [2.75, 3.05) is 7.11 Å². The van der Waals surface area contributed by atoms with Crippen LogP contribution in [0.5, 0.6) is 11.5 Å². The molecule has 2 unspecified atom stereocenters. The summed E-state index contributed by atoms with van der Waals surface area (Å²) >= 11 is 3.63. The molecule has 4 aliphatic rings. The summed E-state index contributed by atoms with van der Waals surface area (Å²) in [6.45, 7) is 0.358. The van der Waals surface area contributed by atoms with Crippen LogP contribution in [0.15, 0.2) is 113 Å². The highest BCUT2D eigenvalue weighted by Gasteiger charge is 2.61. The van der Waals surface area contributed by atoms with Gasteiger partial charge in [-0.1, -0.05) is 91.0 Å². The average Bonchev–Trinajstić information content (AvgIpc) is 3.32. The Morgan fingerprint density at radius 2 is 1.34 bits per heavy atom. The minimum atomic E-state index is -0.472. The molecule has 0 spiro atoms. The van der Waals surface area contributed by atoms with Crippen molar-refractivity contribution in [2.24, 2.45) is 16.9 Å². The molecule has 5 aromatic rings. The second-order valence-corrected chi connectivity index (χ2v) is 12.3. The Bertz CT molecular complexity index is 1900. The predicted molar refractivity (Wildman–Crippen MR) is 172 cm³/mol. The Morgan fingerprint density at radius 1 is 0.773 bits per heavy atom. The molecule has 1 heterocycles. The van der Waals surface area contributed by atoms with Crippen molar-refractivity contribution in [1.82, 2.24) is 5.01 Å². The van der Waals surface area contributed by atoms with Gasteiger partial charge >= 0.3 is 0 Å². The molecule has 216 valence electrons. The van der Waals surface area contributed by atoms with Gasteiger partial charge < -0.3 is 9.47 Å². The third-order valence-corrected chi connectivity index (χ3v) is 9.84. The molecule has 1 fully saturated rings. The highest BCUT2D eigenvalue weighted by Crippen LogP contribution is 2.61. The fourth-order valence-corrected chi connectivity index (χ4v) is 8.00. The van der Waals surface area contributed by atoms with Crippen molar-refractivity contribution in [3.05, 3.63) is 141 Å². The van der Waals surface area contributed by atoms with E-state index in [0.29, 0.717) is 28.1 Å². The van der Waals surface area contributed by atoms with Crippen molar-refractivity contribution in [2.45, 2.75) is 18.4 Å². The maximum atomic E-state index is 13.9. The van der Waals surface area contributed by atoms with Crippen LogP contribution in [0.1, 0.15) is 45.2 Å². The van der Waals surface area contributed by atoms with Crippen LogP contribution in [0, 0.1) is 11.8 Å². The van der Waals surface area contributed by atoms with Crippen molar-refractivity contribution < 1.29 is 19.1 Å². The Kier molecular flexibility index (Phi) is 6.38. The summed E-state index contributed by atoms with van der Waals surface area (Å²) in [7, 11) is 1.58. The number of hydrogen-bond acceptors (Lipinski definition) is 5. The van der Waals surface area contributed by atoms with Crippen LogP contribution < -0.4 is 9.47 Å². The smallest absolute Gasteiger partial charge is 0.254 e. The SMILES string of the molecule is COc1cc(/C=N/N2C(=O)C3C4c5ccccc5C(c5ccccc54)C3C2=O)cc(Br)c1OCc1cccc2ccccc12. The van der Waals surface area contributed by atoms with Crippen LogP contribution in [0.4, 0.5) is 0 Å². The van der Waals surface area contributed by atoms with Crippen LogP contribution in [0.2, 0.25) is 0 Å². The van der Waals surface area contributed by atoms with E-state index in [1.54, 1.807) is 13.2 Å². The van der Waals surface area contributed by atoms with E-state index in [0.717, 1.165) is 43.6 Å². The van der Waals surface area contributed by atoms with E-state index < -0.39 is 11.8 Å². The zero-order chi connectivity index (χ0) is 29.9. The van der Waals surface area contributed by atoms with Crippen molar-refractivity contribution in [3.63, 3.8) is 0 Å². The van der Waals surface area contributed by atoms with Gasteiger partial charge in [-0.25, -0.2) is 0 Å². The highest BCUT2D eigenvalue weighted by molar-refractivity contribution is 9.10. The number of rotatable bonds is 6. The molecule has 0 aromatic heterocycles. The van der Waals surface area contributed by atoms with Crippen LogP contribution in [0.3, 0.4) is 0 Å². The van der Waals surface area contributed by atoms with Crippen LogP contribution >= 0.6 is 15.9 Å². The molecular formula is C37H27BrN2O4. The molecule has 7 heteroatoms. The van der Waals surface area contributed by atoms with Gasteiger partial charge in [-0.3, -0.25) is 9.59 Å². The number of ether oxygens (including phenoxy) is 2. The molecule has 44 heavy (non-hydrogen) atoms. The molecule has 3 aliphatic carbocycles. The van der Waals surface area contributed by atoms with Crippen molar-refractivity contribution in [1.29, 1.82) is 0 Å². The first-order chi connectivity index (χ1) is 21.5. The van der Waals surface area contributed by atoms with E-state index in [9.17, 15) is 9.59 Å². The number of methoxy groups -OCH3 is 1. The molecule has 1 saturated heterocycles. The summed E-state index contributed by atoms with van der Waals surface area (Å²) < 4.78 is 12.6. The Morgan fingerprint density at radius 3 is 1.95 bits per heavy atom. The predicted octanol–water partition coefficient (Wildman–Crippen LogP) is 7.42. The van der Waals surface area contributed by atoms with Gasteiger partial charge in [0.15, 0.2) is 11.5 Å². The molecule has 6 nitrogen and oxygen atoms in total. The third kappa shape index (κ3) is 4.03. The third-order valence-electron chi connectivity index (χ3n) is 9.25. The zero-order valence-corrected chi connectivity index (χ0v) is 25.4. The fourth-order valence-electron chi connectivity index (χ4n) is 7.42. The van der Waals surface area contributed by atoms with Crippen LogP contribution in [0.25, 0.3) is 10.8 Å². The normalized spacial score (nSPS) is 21.5. The number of carbonyl (C=O) groups is 2. The molecule has 5 aromatic carbocycles. The van der Waals surface area contributed by atoms with Gasteiger partial charge in [-0.15, -0.1) is 0 Å². The monoisotopic (exact) mass is 642 g/mol. The van der Waals surface area contributed by atoms with Gasteiger partial charge in [0.1, 0.15) is 6.61 Å². The fraction of sp³-hybridized carbons (Fsp3) is 0.162. The molecule has 0 radical (unpaired) electrons.